The lowest BCUT2D eigenvalue weighted by Gasteiger charge is -2.40. The molecule has 0 radical (unpaired) electrons. The van der Waals surface area contributed by atoms with E-state index >= 15 is 0 Å². The van der Waals surface area contributed by atoms with Gasteiger partial charge in [-0.05, 0) is 101 Å². The molecule has 3 aromatic rings. The quantitative estimate of drug-likeness (QED) is 0.181. The Balaban J connectivity index is 1.29. The van der Waals surface area contributed by atoms with Crippen LogP contribution < -0.4 is 0 Å². The lowest BCUT2D eigenvalue weighted by molar-refractivity contribution is -0.150. The van der Waals surface area contributed by atoms with Crippen LogP contribution in [0, 0.1) is 12.6 Å². The van der Waals surface area contributed by atoms with E-state index in [1.807, 2.05) is 0 Å². The van der Waals surface area contributed by atoms with Crippen molar-refractivity contribution in [1.82, 2.24) is 4.57 Å². The molecular weight excluding hydrogens is 588 g/mol. The van der Waals surface area contributed by atoms with E-state index in [1.165, 1.54) is 48.2 Å². The molecule has 2 aromatic carbocycles. The number of ether oxygens (including phenoxy) is 2. The molecule has 1 fully saturated rings. The molecule has 1 aliphatic heterocycles. The molecule has 0 atom stereocenters. The van der Waals surface area contributed by atoms with Gasteiger partial charge in [-0.3, -0.25) is 0 Å². The van der Waals surface area contributed by atoms with Crippen LogP contribution >= 0.6 is 45.2 Å². The summed E-state index contributed by atoms with van der Waals surface area (Å²) in [5.41, 5.74) is 3.03. The van der Waals surface area contributed by atoms with Crippen LogP contribution in [0.4, 0.5) is 0 Å². The molecule has 0 N–H and O–H groups in total. The van der Waals surface area contributed by atoms with E-state index in [9.17, 15) is 0 Å². The third-order valence-electron chi connectivity index (χ3n) is 6.18. The van der Waals surface area contributed by atoms with Crippen molar-refractivity contribution in [2.24, 2.45) is 5.41 Å². The van der Waals surface area contributed by atoms with Gasteiger partial charge in [-0.2, -0.15) is 0 Å². The first-order valence-electron chi connectivity index (χ1n) is 10.6. The number of unbranched alkanes of at least 4 members (excludes halogenated alkanes) is 3. The first kappa shape index (κ1) is 21.8. The number of fused-ring (bicyclic) bond motifs is 3. The average Bonchev–Trinajstić information content (AvgIpc) is 2.98. The maximum Gasteiger partial charge on any atom is 0.0566 e. The smallest absolute Gasteiger partial charge is 0.0566 e. The Hall–Kier alpha value is -0.380. The number of aromatic nitrogens is 1. The first-order chi connectivity index (χ1) is 14.1. The molecule has 1 aliphatic rings. The second kappa shape index (κ2) is 9.83. The zero-order chi connectivity index (χ0) is 20.3. The van der Waals surface area contributed by atoms with Gasteiger partial charge in [-0.25, -0.2) is 0 Å². The first-order valence-corrected chi connectivity index (χ1v) is 12.8. The Morgan fingerprint density at radius 2 is 1.55 bits per heavy atom. The molecule has 0 amide bonds. The van der Waals surface area contributed by atoms with Crippen LogP contribution in [0.25, 0.3) is 21.8 Å². The SMILES string of the molecule is CCC1(COCCCCCCn2c3ccc(I)cc3c3cc(I)ccc32)COC1. The van der Waals surface area contributed by atoms with Gasteiger partial charge in [0.25, 0.3) is 0 Å². The lowest BCUT2D eigenvalue weighted by atomic mass is 9.84. The fraction of sp³-hybridized carbons (Fsp3) is 0.500. The van der Waals surface area contributed by atoms with Gasteiger partial charge in [0.05, 0.1) is 19.8 Å². The van der Waals surface area contributed by atoms with E-state index < -0.39 is 0 Å². The number of halogens is 2. The summed E-state index contributed by atoms with van der Waals surface area (Å²) in [6.07, 6.45) is 6.02. The van der Waals surface area contributed by atoms with Crippen molar-refractivity contribution in [2.45, 2.75) is 45.6 Å². The third kappa shape index (κ3) is 4.93. The van der Waals surface area contributed by atoms with Crippen LogP contribution in [0.5, 0.6) is 0 Å². The summed E-state index contributed by atoms with van der Waals surface area (Å²) in [6, 6.07) is 13.6. The van der Waals surface area contributed by atoms with Gasteiger partial charge < -0.3 is 14.0 Å². The standard InChI is InChI=1S/C24H29I2NO2/c1-2-24(16-29-17-24)15-28-12-6-4-3-5-11-27-22-9-7-18(25)13-20(22)21-14-19(26)8-10-23(21)27/h7-10,13-14H,2-6,11-12,15-17H2,1H3. The van der Waals surface area contributed by atoms with Crippen LogP contribution in [-0.2, 0) is 16.0 Å². The van der Waals surface area contributed by atoms with Crippen molar-refractivity contribution in [1.29, 1.82) is 0 Å². The van der Waals surface area contributed by atoms with E-state index in [1.54, 1.807) is 0 Å². The minimum atomic E-state index is 0.312. The van der Waals surface area contributed by atoms with E-state index in [4.69, 9.17) is 9.47 Å². The summed E-state index contributed by atoms with van der Waals surface area (Å²) in [7, 11) is 0. The predicted octanol–water partition coefficient (Wildman–Crippen LogP) is 7.01. The van der Waals surface area contributed by atoms with Crippen LogP contribution in [0.2, 0.25) is 0 Å². The molecule has 5 heteroatoms. The second-order valence-electron chi connectivity index (χ2n) is 8.29. The van der Waals surface area contributed by atoms with Crippen molar-refractivity contribution in [3.63, 3.8) is 0 Å². The Morgan fingerprint density at radius 3 is 2.10 bits per heavy atom. The number of aryl methyl sites for hydroxylation is 1. The van der Waals surface area contributed by atoms with Gasteiger partial charge >= 0.3 is 0 Å². The number of hydrogen-bond donors (Lipinski definition) is 0. The normalized spacial score (nSPS) is 15.8. The molecule has 29 heavy (non-hydrogen) atoms. The Labute approximate surface area is 200 Å². The van der Waals surface area contributed by atoms with Crippen LogP contribution in [0.15, 0.2) is 36.4 Å². The fourth-order valence-corrected chi connectivity index (χ4v) is 5.17. The van der Waals surface area contributed by atoms with Gasteiger partial charge in [0, 0.05) is 47.5 Å². The van der Waals surface area contributed by atoms with Crippen LogP contribution in [-0.4, -0.2) is 31.0 Å². The minimum Gasteiger partial charge on any atom is -0.381 e. The topological polar surface area (TPSA) is 23.4 Å². The molecule has 0 aliphatic carbocycles. The minimum absolute atomic E-state index is 0.312. The largest absolute Gasteiger partial charge is 0.381 e. The molecule has 156 valence electrons. The van der Waals surface area contributed by atoms with E-state index in [0.717, 1.165) is 45.8 Å². The number of benzene rings is 2. The van der Waals surface area contributed by atoms with E-state index in [0.29, 0.717) is 5.41 Å². The molecule has 0 bridgehead atoms. The molecule has 4 rings (SSSR count). The van der Waals surface area contributed by atoms with E-state index in [-0.39, 0.29) is 0 Å². The summed E-state index contributed by atoms with van der Waals surface area (Å²) >= 11 is 4.82. The van der Waals surface area contributed by atoms with Gasteiger partial charge in [0.2, 0.25) is 0 Å². The predicted molar refractivity (Wildman–Crippen MR) is 138 cm³/mol. The van der Waals surface area contributed by atoms with Crippen molar-refractivity contribution >= 4 is 67.0 Å². The summed E-state index contributed by atoms with van der Waals surface area (Å²) < 4.78 is 16.4. The number of nitrogens with zero attached hydrogens (tertiary/aromatic N) is 1. The third-order valence-corrected chi connectivity index (χ3v) is 7.53. The average molecular weight is 617 g/mol. The van der Waals surface area contributed by atoms with Crippen LogP contribution in [0.3, 0.4) is 0 Å². The van der Waals surface area contributed by atoms with Gasteiger partial charge in [0.1, 0.15) is 0 Å². The highest BCUT2D eigenvalue weighted by Gasteiger charge is 2.36. The van der Waals surface area contributed by atoms with Gasteiger partial charge in [0.15, 0.2) is 0 Å². The highest BCUT2D eigenvalue weighted by atomic mass is 127. The lowest BCUT2D eigenvalue weighted by Crippen LogP contribution is -2.45. The van der Waals surface area contributed by atoms with Gasteiger partial charge in [-0.1, -0.05) is 19.8 Å². The summed E-state index contributed by atoms with van der Waals surface area (Å²) in [5, 5.41) is 2.76. The molecule has 0 unspecified atom stereocenters. The molecule has 0 spiro atoms. The summed E-state index contributed by atoms with van der Waals surface area (Å²) in [6.45, 7) is 6.82. The monoisotopic (exact) mass is 617 g/mol. The fourth-order valence-electron chi connectivity index (χ4n) is 4.19. The molecular formula is C24H29I2NO2. The molecule has 2 heterocycles. The molecule has 0 saturated carbocycles. The van der Waals surface area contributed by atoms with E-state index in [2.05, 4.69) is 93.1 Å². The molecule has 1 aromatic heterocycles. The molecule has 1 saturated heterocycles. The Bertz CT molecular complexity index is 913. The van der Waals surface area contributed by atoms with Crippen LogP contribution in [0.1, 0.15) is 39.0 Å². The highest BCUT2D eigenvalue weighted by Crippen LogP contribution is 2.32. The maximum absolute atomic E-state index is 5.94. The van der Waals surface area contributed by atoms with Gasteiger partial charge in [-0.15, -0.1) is 0 Å². The zero-order valence-corrected chi connectivity index (χ0v) is 21.4. The number of hydrogen-bond acceptors (Lipinski definition) is 2. The Morgan fingerprint density at radius 1 is 0.931 bits per heavy atom. The Kier molecular flexibility index (Phi) is 7.40. The second-order valence-corrected chi connectivity index (χ2v) is 10.8. The highest BCUT2D eigenvalue weighted by molar-refractivity contribution is 14.1. The van der Waals surface area contributed by atoms with Crippen molar-refractivity contribution < 1.29 is 9.47 Å². The van der Waals surface area contributed by atoms with Crippen molar-refractivity contribution in [3.8, 4) is 0 Å². The summed E-state index contributed by atoms with van der Waals surface area (Å²) in [5.74, 6) is 0. The maximum atomic E-state index is 5.94. The summed E-state index contributed by atoms with van der Waals surface area (Å²) in [4.78, 5) is 0. The van der Waals surface area contributed by atoms with Crippen molar-refractivity contribution in [2.75, 3.05) is 26.4 Å². The molecule has 3 nitrogen and oxygen atoms in total. The van der Waals surface area contributed by atoms with Crippen molar-refractivity contribution in [3.05, 3.63) is 43.5 Å². The number of rotatable bonds is 10. The zero-order valence-electron chi connectivity index (χ0n) is 17.1.